The summed E-state index contributed by atoms with van der Waals surface area (Å²) in [5.41, 5.74) is 4.26. The van der Waals surface area contributed by atoms with Crippen LogP contribution < -0.4 is 5.32 Å². The van der Waals surface area contributed by atoms with Gasteiger partial charge in [0.1, 0.15) is 29.3 Å². The number of amides is 1. The third-order valence-electron chi connectivity index (χ3n) is 6.10. The molecule has 4 aromatic heterocycles. The van der Waals surface area contributed by atoms with Crippen LogP contribution in [0.15, 0.2) is 65.6 Å². The van der Waals surface area contributed by atoms with Crippen LogP contribution in [0.4, 0.5) is 4.39 Å². The molecular formula is C27H21FN6O2. The zero-order valence-electron chi connectivity index (χ0n) is 19.3. The second kappa shape index (κ2) is 8.82. The minimum atomic E-state index is -0.983. The third-order valence-corrected chi connectivity index (χ3v) is 6.10. The molecule has 0 spiro atoms. The molecule has 1 aliphatic heterocycles. The summed E-state index contributed by atoms with van der Waals surface area (Å²) in [6.45, 7) is 2.06. The predicted molar refractivity (Wildman–Crippen MR) is 130 cm³/mol. The van der Waals surface area contributed by atoms with Crippen LogP contribution >= 0.6 is 0 Å². The average Bonchev–Trinajstić information content (AvgIpc) is 3.65. The van der Waals surface area contributed by atoms with Gasteiger partial charge in [-0.3, -0.25) is 9.89 Å². The minimum absolute atomic E-state index is 0.215. The number of carbonyl (C=O) groups excluding carboxylic acids is 1. The van der Waals surface area contributed by atoms with Crippen molar-refractivity contribution in [1.29, 1.82) is 0 Å². The highest BCUT2D eigenvalue weighted by Gasteiger charge is 2.32. The molecule has 8 nitrogen and oxygen atoms in total. The van der Waals surface area contributed by atoms with Crippen molar-refractivity contribution in [3.63, 3.8) is 0 Å². The Hall–Kier alpha value is -4.71. The van der Waals surface area contributed by atoms with Gasteiger partial charge in [0.15, 0.2) is 0 Å². The second-order valence-corrected chi connectivity index (χ2v) is 8.74. The molecule has 0 aliphatic carbocycles. The van der Waals surface area contributed by atoms with E-state index >= 15 is 0 Å². The Bertz CT molecular complexity index is 1610. The topological polar surface area (TPSA) is 102 Å². The van der Waals surface area contributed by atoms with Gasteiger partial charge in [-0.25, -0.2) is 14.4 Å². The van der Waals surface area contributed by atoms with Gasteiger partial charge >= 0.3 is 0 Å². The fourth-order valence-electron chi connectivity index (χ4n) is 4.48. The Morgan fingerprint density at radius 1 is 1.25 bits per heavy atom. The minimum Gasteiger partial charge on any atom is -0.458 e. The van der Waals surface area contributed by atoms with E-state index in [0.717, 1.165) is 16.6 Å². The average molecular weight is 481 g/mol. The quantitative estimate of drug-likeness (QED) is 0.380. The molecule has 1 aliphatic rings. The molecule has 1 unspecified atom stereocenters. The van der Waals surface area contributed by atoms with Crippen LogP contribution in [0.1, 0.15) is 50.5 Å². The number of aromatic amines is 1. The van der Waals surface area contributed by atoms with E-state index in [2.05, 4.69) is 37.3 Å². The summed E-state index contributed by atoms with van der Waals surface area (Å²) >= 11 is 0. The summed E-state index contributed by atoms with van der Waals surface area (Å²) < 4.78 is 22.0. The van der Waals surface area contributed by atoms with Gasteiger partial charge in [0, 0.05) is 35.0 Å². The molecule has 2 atom stereocenters. The number of imidazole rings is 1. The number of carbonyl (C=O) groups is 1. The first-order valence-electron chi connectivity index (χ1n) is 11.5. The number of rotatable bonds is 4. The van der Waals surface area contributed by atoms with Crippen molar-refractivity contribution in [3.8, 4) is 11.8 Å². The fraction of sp³-hybridized carbons (Fsp3) is 0.185. The summed E-state index contributed by atoms with van der Waals surface area (Å²) in [6.07, 6.45) is 4.18. The van der Waals surface area contributed by atoms with Crippen LogP contribution in [0.2, 0.25) is 0 Å². The third kappa shape index (κ3) is 4.14. The lowest BCUT2D eigenvalue weighted by Gasteiger charge is -2.16. The maximum atomic E-state index is 14.2. The van der Waals surface area contributed by atoms with E-state index in [1.165, 1.54) is 0 Å². The van der Waals surface area contributed by atoms with Gasteiger partial charge in [0.25, 0.3) is 5.91 Å². The number of aryl methyl sites for hydroxylation is 1. The molecule has 1 aromatic carbocycles. The Balaban J connectivity index is 1.36. The van der Waals surface area contributed by atoms with Crippen LogP contribution in [0.25, 0.3) is 11.0 Å². The first-order valence-corrected chi connectivity index (χ1v) is 11.5. The van der Waals surface area contributed by atoms with E-state index in [4.69, 9.17) is 4.42 Å². The van der Waals surface area contributed by atoms with Crippen molar-refractivity contribution < 1.29 is 13.6 Å². The summed E-state index contributed by atoms with van der Waals surface area (Å²) in [7, 11) is 0. The lowest BCUT2D eigenvalue weighted by molar-refractivity contribution is 0.0933. The van der Waals surface area contributed by atoms with E-state index in [1.54, 1.807) is 36.3 Å². The predicted octanol–water partition coefficient (Wildman–Crippen LogP) is 3.87. The number of aromatic nitrogens is 5. The maximum Gasteiger partial charge on any atom is 0.270 e. The van der Waals surface area contributed by atoms with Gasteiger partial charge in [0.2, 0.25) is 0 Å². The van der Waals surface area contributed by atoms with Crippen molar-refractivity contribution in [2.75, 3.05) is 0 Å². The van der Waals surface area contributed by atoms with Crippen molar-refractivity contribution in [3.05, 3.63) is 101 Å². The zero-order chi connectivity index (χ0) is 24.6. The molecule has 5 aromatic rings. The van der Waals surface area contributed by atoms with Gasteiger partial charge in [-0.1, -0.05) is 30.0 Å². The van der Waals surface area contributed by atoms with Crippen molar-refractivity contribution in [1.82, 2.24) is 30.0 Å². The lowest BCUT2D eigenvalue weighted by Crippen LogP contribution is -2.31. The number of para-hydroxylation sites is 1. The first-order chi connectivity index (χ1) is 17.5. The number of benzene rings is 1. The van der Waals surface area contributed by atoms with E-state index in [0.29, 0.717) is 28.3 Å². The number of halogens is 1. The smallest absolute Gasteiger partial charge is 0.270 e. The molecule has 178 valence electrons. The van der Waals surface area contributed by atoms with Crippen LogP contribution in [0, 0.1) is 18.8 Å². The van der Waals surface area contributed by atoms with Gasteiger partial charge in [-0.2, -0.15) is 5.10 Å². The Kier molecular flexibility index (Phi) is 5.34. The summed E-state index contributed by atoms with van der Waals surface area (Å²) in [4.78, 5) is 22.4. The van der Waals surface area contributed by atoms with E-state index < -0.39 is 18.1 Å². The lowest BCUT2D eigenvalue weighted by atomic mass is 10.1. The van der Waals surface area contributed by atoms with Crippen LogP contribution in [0.3, 0.4) is 0 Å². The molecule has 36 heavy (non-hydrogen) atoms. The monoisotopic (exact) mass is 480 g/mol. The van der Waals surface area contributed by atoms with E-state index in [-0.39, 0.29) is 18.7 Å². The molecular weight excluding hydrogens is 459 g/mol. The number of nitrogens with one attached hydrogen (secondary N) is 2. The highest BCUT2D eigenvalue weighted by Crippen LogP contribution is 2.32. The number of hydrogen-bond acceptors (Lipinski definition) is 5. The van der Waals surface area contributed by atoms with Crippen molar-refractivity contribution in [2.45, 2.75) is 32.1 Å². The molecule has 1 amide bonds. The maximum absolute atomic E-state index is 14.2. The fourth-order valence-corrected chi connectivity index (χ4v) is 4.48. The number of H-pyrrole nitrogens is 1. The molecule has 0 radical (unpaired) electrons. The number of alkyl halides is 1. The molecule has 6 rings (SSSR count). The summed E-state index contributed by atoms with van der Waals surface area (Å²) in [6, 6.07) is 12.2. The molecule has 2 N–H and O–H groups in total. The standard InChI is InChI=1S/C27H21FN6O2/c1-16-8-17(6-7-18-12-30-31-13-18)9-21(32-16)27(35)33-26(24-10-19-4-2-3-5-23(19)36-24)25-22-11-20(28)14-34(22)15-29-25/h2-5,8-10,12-13,15,20,26H,11,14H2,1H3,(H,30,31)(H,33,35)/t20-,26?/m1/s1. The SMILES string of the molecule is Cc1cc(C#Cc2cn[nH]c2)cc(C(=O)NC(c2cc3ccccc3o2)c2ncn3c2C[C@@H](F)C3)n1. The number of fused-ring (bicyclic) bond motifs is 2. The molecule has 9 heteroatoms. The Labute approximate surface area is 205 Å². The van der Waals surface area contributed by atoms with Crippen molar-refractivity contribution in [2.24, 2.45) is 0 Å². The first kappa shape index (κ1) is 21.8. The van der Waals surface area contributed by atoms with Gasteiger partial charge in [-0.15, -0.1) is 0 Å². The van der Waals surface area contributed by atoms with E-state index in [9.17, 15) is 9.18 Å². The number of furan rings is 1. The Morgan fingerprint density at radius 3 is 2.94 bits per heavy atom. The molecule has 0 bridgehead atoms. The van der Waals surface area contributed by atoms with Crippen molar-refractivity contribution >= 4 is 16.9 Å². The molecule has 0 fully saturated rings. The second-order valence-electron chi connectivity index (χ2n) is 8.74. The van der Waals surface area contributed by atoms with Crippen LogP contribution in [-0.4, -0.2) is 36.8 Å². The Morgan fingerprint density at radius 2 is 2.11 bits per heavy atom. The number of hydrogen-bond donors (Lipinski definition) is 2. The number of pyridine rings is 1. The van der Waals surface area contributed by atoms with E-state index in [1.807, 2.05) is 36.4 Å². The summed E-state index contributed by atoms with van der Waals surface area (Å²) in [5, 5.41) is 10.5. The summed E-state index contributed by atoms with van der Waals surface area (Å²) in [5.74, 6) is 6.16. The molecule has 5 heterocycles. The molecule has 0 saturated heterocycles. The highest BCUT2D eigenvalue weighted by atomic mass is 19.1. The number of nitrogens with zero attached hydrogens (tertiary/aromatic N) is 4. The van der Waals surface area contributed by atoms with Gasteiger partial charge < -0.3 is 14.3 Å². The normalized spacial score (nSPS) is 15.3. The van der Waals surface area contributed by atoms with Crippen LogP contribution in [0.5, 0.6) is 0 Å². The van der Waals surface area contributed by atoms with Gasteiger partial charge in [-0.05, 0) is 31.2 Å². The zero-order valence-corrected chi connectivity index (χ0v) is 19.3. The molecule has 0 saturated carbocycles. The largest absolute Gasteiger partial charge is 0.458 e. The highest BCUT2D eigenvalue weighted by molar-refractivity contribution is 5.93. The van der Waals surface area contributed by atoms with Crippen LogP contribution in [-0.2, 0) is 13.0 Å². The van der Waals surface area contributed by atoms with Gasteiger partial charge in [0.05, 0.1) is 30.3 Å².